The van der Waals surface area contributed by atoms with E-state index in [0.717, 1.165) is 45.7 Å². The molecule has 2 aliphatic rings. The highest BCUT2D eigenvalue weighted by Gasteiger charge is 2.28. The first kappa shape index (κ1) is 14.7. The molecule has 0 aliphatic carbocycles. The molecule has 2 rings (SSSR count). The molecule has 0 radical (unpaired) electrons. The van der Waals surface area contributed by atoms with Crippen LogP contribution in [0.3, 0.4) is 0 Å². The van der Waals surface area contributed by atoms with Crippen molar-refractivity contribution in [3.05, 3.63) is 0 Å². The van der Waals surface area contributed by atoms with Gasteiger partial charge in [-0.2, -0.15) is 0 Å². The van der Waals surface area contributed by atoms with Crippen LogP contribution in [-0.2, 0) is 9.53 Å². The van der Waals surface area contributed by atoms with Crippen LogP contribution in [-0.4, -0.2) is 67.7 Å². The largest absolute Gasteiger partial charge is 0.379 e. The Hall–Kier alpha value is -0.690. The average molecular weight is 270 g/mol. The van der Waals surface area contributed by atoms with E-state index in [1.807, 2.05) is 0 Å². The lowest BCUT2D eigenvalue weighted by Crippen LogP contribution is -2.44. The van der Waals surface area contributed by atoms with Crippen molar-refractivity contribution in [3.8, 4) is 0 Å². The zero-order valence-corrected chi connectivity index (χ0v) is 11.6. The number of nitrogens with zero attached hydrogens (tertiary/aromatic N) is 2. The van der Waals surface area contributed by atoms with Gasteiger partial charge in [-0.1, -0.05) is 0 Å². The number of carbonyl (C=O) groups excluding carboxylic acids is 1. The summed E-state index contributed by atoms with van der Waals surface area (Å²) < 4.78 is 5.40. The quantitative estimate of drug-likeness (QED) is 0.296. The highest BCUT2D eigenvalue weighted by molar-refractivity contribution is 5.75. The van der Waals surface area contributed by atoms with Crippen LogP contribution in [0, 0.1) is 0 Å². The number of hydrazine groups is 1. The predicted molar refractivity (Wildman–Crippen MR) is 73.4 cm³/mol. The van der Waals surface area contributed by atoms with E-state index >= 15 is 0 Å². The second kappa shape index (κ2) is 7.79. The summed E-state index contributed by atoms with van der Waals surface area (Å²) in [6.45, 7) is 7.37. The number of unbranched alkanes of at least 4 members (excludes halogenated alkanes) is 1. The predicted octanol–water partition coefficient (Wildman–Crippen LogP) is -0.447. The molecule has 0 bridgehead atoms. The van der Waals surface area contributed by atoms with Gasteiger partial charge in [-0.05, 0) is 32.4 Å². The molecule has 1 unspecified atom stereocenters. The maximum Gasteiger partial charge on any atom is 0.233 e. The second-order valence-electron chi connectivity index (χ2n) is 5.42. The van der Waals surface area contributed by atoms with Crippen molar-refractivity contribution in [2.75, 3.05) is 45.9 Å². The van der Waals surface area contributed by atoms with Gasteiger partial charge in [0.15, 0.2) is 0 Å². The van der Waals surface area contributed by atoms with Crippen LogP contribution >= 0.6 is 0 Å². The van der Waals surface area contributed by atoms with Crippen molar-refractivity contribution < 1.29 is 9.53 Å². The average Bonchev–Trinajstić information content (AvgIpc) is 2.93. The Balaban J connectivity index is 1.58. The smallest absolute Gasteiger partial charge is 0.233 e. The summed E-state index contributed by atoms with van der Waals surface area (Å²) >= 11 is 0. The molecule has 0 aromatic carbocycles. The first-order chi connectivity index (χ1) is 9.29. The lowest BCUT2D eigenvalue weighted by Gasteiger charge is -2.32. The first-order valence-corrected chi connectivity index (χ1v) is 7.33. The van der Waals surface area contributed by atoms with Gasteiger partial charge < -0.3 is 9.64 Å². The van der Waals surface area contributed by atoms with Crippen LogP contribution in [0.15, 0.2) is 0 Å². The molecule has 2 fully saturated rings. The van der Waals surface area contributed by atoms with E-state index in [1.54, 1.807) is 0 Å². The molecule has 2 heterocycles. The Morgan fingerprint density at radius 1 is 1.26 bits per heavy atom. The number of amides is 1. The van der Waals surface area contributed by atoms with Gasteiger partial charge in [-0.25, -0.2) is 5.84 Å². The van der Waals surface area contributed by atoms with Gasteiger partial charge in [0.1, 0.15) is 0 Å². The third-order valence-corrected chi connectivity index (χ3v) is 4.10. The van der Waals surface area contributed by atoms with Crippen LogP contribution in [0.2, 0.25) is 0 Å². The minimum absolute atomic E-state index is 0.0624. The molecule has 0 aromatic rings. The van der Waals surface area contributed by atoms with Gasteiger partial charge in [0, 0.05) is 32.1 Å². The Morgan fingerprint density at radius 2 is 2.05 bits per heavy atom. The maximum atomic E-state index is 11.0. The highest BCUT2D eigenvalue weighted by atomic mass is 16.5. The van der Waals surface area contributed by atoms with Gasteiger partial charge in [-0.15, -0.1) is 0 Å². The number of hydrogen-bond acceptors (Lipinski definition) is 5. The SMILES string of the molecule is NNC(=O)CCCCN1CCC(N2CCOCC2)C1. The number of morpholine rings is 1. The van der Waals surface area contributed by atoms with Crippen molar-refractivity contribution >= 4 is 5.91 Å². The van der Waals surface area contributed by atoms with Crippen LogP contribution in [0.25, 0.3) is 0 Å². The summed E-state index contributed by atoms with van der Waals surface area (Å²) in [5, 5.41) is 0. The van der Waals surface area contributed by atoms with Crippen molar-refractivity contribution in [1.82, 2.24) is 15.2 Å². The fourth-order valence-corrected chi connectivity index (χ4v) is 2.95. The molecule has 1 atom stereocenters. The molecule has 3 N–H and O–H groups in total. The Morgan fingerprint density at radius 3 is 2.79 bits per heavy atom. The number of ether oxygens (including phenoxy) is 1. The van der Waals surface area contributed by atoms with Crippen LogP contribution in [0.4, 0.5) is 0 Å². The van der Waals surface area contributed by atoms with E-state index in [1.165, 1.54) is 19.5 Å². The molecule has 19 heavy (non-hydrogen) atoms. The molecule has 6 nitrogen and oxygen atoms in total. The molecule has 1 amide bonds. The zero-order valence-electron chi connectivity index (χ0n) is 11.6. The van der Waals surface area contributed by atoms with Crippen LogP contribution in [0.1, 0.15) is 25.7 Å². The third kappa shape index (κ3) is 4.72. The third-order valence-electron chi connectivity index (χ3n) is 4.10. The molecule has 0 aromatic heterocycles. The molecule has 2 aliphatic heterocycles. The van der Waals surface area contributed by atoms with Gasteiger partial charge >= 0.3 is 0 Å². The van der Waals surface area contributed by atoms with Gasteiger partial charge in [-0.3, -0.25) is 15.1 Å². The number of rotatable bonds is 6. The van der Waals surface area contributed by atoms with E-state index in [0.29, 0.717) is 12.5 Å². The fraction of sp³-hybridized carbons (Fsp3) is 0.923. The van der Waals surface area contributed by atoms with E-state index < -0.39 is 0 Å². The summed E-state index contributed by atoms with van der Waals surface area (Å²) in [7, 11) is 0. The monoisotopic (exact) mass is 270 g/mol. The van der Waals surface area contributed by atoms with Crippen molar-refractivity contribution in [2.45, 2.75) is 31.7 Å². The van der Waals surface area contributed by atoms with Crippen molar-refractivity contribution in [2.24, 2.45) is 5.84 Å². The Bertz CT molecular complexity index is 282. The minimum Gasteiger partial charge on any atom is -0.379 e. The van der Waals surface area contributed by atoms with Crippen molar-refractivity contribution in [1.29, 1.82) is 0 Å². The van der Waals surface area contributed by atoms with Gasteiger partial charge in [0.2, 0.25) is 5.91 Å². The number of carbonyl (C=O) groups is 1. The van der Waals surface area contributed by atoms with E-state index in [2.05, 4.69) is 15.2 Å². The maximum absolute atomic E-state index is 11.0. The zero-order chi connectivity index (χ0) is 13.5. The molecule has 0 saturated carbocycles. The number of likely N-dealkylation sites (tertiary alicyclic amines) is 1. The highest BCUT2D eigenvalue weighted by Crippen LogP contribution is 2.17. The normalized spacial score (nSPS) is 25.6. The van der Waals surface area contributed by atoms with Gasteiger partial charge in [0.05, 0.1) is 13.2 Å². The first-order valence-electron chi connectivity index (χ1n) is 7.33. The molecular weight excluding hydrogens is 244 g/mol. The summed E-state index contributed by atoms with van der Waals surface area (Å²) in [5.41, 5.74) is 2.17. The number of hydrogen-bond donors (Lipinski definition) is 2. The topological polar surface area (TPSA) is 70.8 Å². The lowest BCUT2D eigenvalue weighted by molar-refractivity contribution is -0.121. The van der Waals surface area contributed by atoms with Crippen LogP contribution in [0.5, 0.6) is 0 Å². The second-order valence-corrected chi connectivity index (χ2v) is 5.42. The summed E-state index contributed by atoms with van der Waals surface area (Å²) in [6, 6.07) is 0.705. The molecule has 110 valence electrons. The molecule has 6 heteroatoms. The molecule has 0 spiro atoms. The van der Waals surface area contributed by atoms with E-state index in [-0.39, 0.29) is 5.91 Å². The number of nitrogens with one attached hydrogen (secondary N) is 1. The van der Waals surface area contributed by atoms with E-state index in [9.17, 15) is 4.79 Å². The summed E-state index contributed by atoms with van der Waals surface area (Å²) in [4.78, 5) is 16.1. The molecule has 2 saturated heterocycles. The standard InChI is InChI=1S/C13H26N4O2/c14-15-13(18)3-1-2-5-16-6-4-12(11-16)17-7-9-19-10-8-17/h12H,1-11,14H2,(H,15,18). The number of nitrogens with two attached hydrogens (primary N) is 1. The molecular formula is C13H26N4O2. The van der Waals surface area contributed by atoms with Crippen LogP contribution < -0.4 is 11.3 Å². The minimum atomic E-state index is -0.0624. The summed E-state index contributed by atoms with van der Waals surface area (Å²) in [5.74, 6) is 4.99. The lowest BCUT2D eigenvalue weighted by atomic mass is 10.2. The summed E-state index contributed by atoms with van der Waals surface area (Å²) in [6.07, 6.45) is 3.80. The Labute approximate surface area is 115 Å². The van der Waals surface area contributed by atoms with Crippen molar-refractivity contribution in [3.63, 3.8) is 0 Å². The van der Waals surface area contributed by atoms with Gasteiger partial charge in [0.25, 0.3) is 0 Å². The fourth-order valence-electron chi connectivity index (χ4n) is 2.95. The Kier molecular flexibility index (Phi) is 6.03. The van der Waals surface area contributed by atoms with E-state index in [4.69, 9.17) is 10.6 Å².